The SMILES string of the molecule is Cc1c(Cl)cccc1N1CCN(C(=O)COc2ccc(Cl)cc2)C(C)C1=O. The Morgan fingerprint density at radius 1 is 1.15 bits per heavy atom. The van der Waals surface area contributed by atoms with Crippen molar-refractivity contribution < 1.29 is 14.3 Å². The van der Waals surface area contributed by atoms with E-state index in [1.807, 2.05) is 19.1 Å². The van der Waals surface area contributed by atoms with Crippen molar-refractivity contribution in [1.29, 1.82) is 0 Å². The first-order valence-electron chi connectivity index (χ1n) is 8.63. The number of rotatable bonds is 4. The third kappa shape index (κ3) is 4.20. The molecule has 0 aliphatic carbocycles. The van der Waals surface area contributed by atoms with Gasteiger partial charge >= 0.3 is 0 Å². The average Bonchev–Trinajstić information content (AvgIpc) is 2.66. The number of amides is 2. The number of carbonyl (C=O) groups excluding carboxylic acids is 2. The first kappa shape index (κ1) is 19.5. The number of carbonyl (C=O) groups is 2. The summed E-state index contributed by atoms with van der Waals surface area (Å²) in [7, 11) is 0. The molecular weight excluding hydrogens is 387 g/mol. The Morgan fingerprint density at radius 3 is 2.56 bits per heavy atom. The molecule has 3 rings (SSSR count). The third-order valence-corrected chi connectivity index (χ3v) is 5.34. The maximum atomic E-state index is 12.8. The molecule has 0 N–H and O–H groups in total. The number of hydrogen-bond donors (Lipinski definition) is 0. The second kappa shape index (κ2) is 8.19. The summed E-state index contributed by atoms with van der Waals surface area (Å²) in [4.78, 5) is 28.6. The fourth-order valence-electron chi connectivity index (χ4n) is 3.10. The van der Waals surface area contributed by atoms with Crippen molar-refractivity contribution in [2.24, 2.45) is 0 Å². The summed E-state index contributed by atoms with van der Waals surface area (Å²) in [6, 6.07) is 11.7. The van der Waals surface area contributed by atoms with Crippen molar-refractivity contribution in [1.82, 2.24) is 4.90 Å². The van der Waals surface area contributed by atoms with Crippen LogP contribution in [0.1, 0.15) is 12.5 Å². The maximum absolute atomic E-state index is 12.8. The van der Waals surface area contributed by atoms with Gasteiger partial charge in [-0.3, -0.25) is 9.59 Å². The molecule has 0 saturated carbocycles. The molecule has 0 spiro atoms. The Bertz CT molecular complexity index is 855. The molecule has 142 valence electrons. The Labute approximate surface area is 168 Å². The molecule has 1 aliphatic rings. The quantitative estimate of drug-likeness (QED) is 0.772. The van der Waals surface area contributed by atoms with Crippen LogP contribution >= 0.6 is 23.2 Å². The number of hydrogen-bond acceptors (Lipinski definition) is 3. The summed E-state index contributed by atoms with van der Waals surface area (Å²) < 4.78 is 5.51. The molecule has 2 aromatic rings. The van der Waals surface area contributed by atoms with E-state index in [1.165, 1.54) is 0 Å². The van der Waals surface area contributed by atoms with Crippen molar-refractivity contribution in [3.63, 3.8) is 0 Å². The molecule has 1 heterocycles. The molecule has 1 atom stereocenters. The molecule has 1 aliphatic heterocycles. The van der Waals surface area contributed by atoms with Gasteiger partial charge in [0, 0.05) is 28.8 Å². The van der Waals surface area contributed by atoms with Gasteiger partial charge in [-0.05, 0) is 55.8 Å². The standard InChI is InChI=1S/C20H20Cl2N2O3/c1-13-17(22)4-3-5-18(13)24-11-10-23(14(2)20(24)26)19(25)12-27-16-8-6-15(21)7-9-16/h3-9,14H,10-12H2,1-2H3. The van der Waals surface area contributed by atoms with E-state index >= 15 is 0 Å². The van der Waals surface area contributed by atoms with Gasteiger partial charge in [-0.2, -0.15) is 0 Å². The molecule has 1 fully saturated rings. The second-order valence-electron chi connectivity index (χ2n) is 6.38. The van der Waals surface area contributed by atoms with Gasteiger partial charge in [0.15, 0.2) is 6.61 Å². The van der Waals surface area contributed by atoms with Crippen LogP contribution < -0.4 is 9.64 Å². The van der Waals surface area contributed by atoms with Crippen LogP contribution in [0.3, 0.4) is 0 Å². The lowest BCUT2D eigenvalue weighted by Gasteiger charge is -2.39. The molecule has 5 nitrogen and oxygen atoms in total. The molecule has 2 amide bonds. The van der Waals surface area contributed by atoms with E-state index in [9.17, 15) is 9.59 Å². The number of piperazine rings is 1. The smallest absolute Gasteiger partial charge is 0.261 e. The zero-order chi connectivity index (χ0) is 19.6. The van der Waals surface area contributed by atoms with Crippen LogP contribution in [0.2, 0.25) is 10.0 Å². The predicted molar refractivity (Wildman–Crippen MR) is 107 cm³/mol. The van der Waals surface area contributed by atoms with Gasteiger partial charge in [0.1, 0.15) is 11.8 Å². The minimum Gasteiger partial charge on any atom is -0.484 e. The number of benzene rings is 2. The van der Waals surface area contributed by atoms with E-state index in [1.54, 1.807) is 47.1 Å². The molecule has 1 saturated heterocycles. The van der Waals surface area contributed by atoms with Crippen molar-refractivity contribution >= 4 is 40.7 Å². The molecule has 0 radical (unpaired) electrons. The first-order chi connectivity index (χ1) is 12.9. The van der Waals surface area contributed by atoms with Crippen molar-refractivity contribution in [3.8, 4) is 5.75 Å². The minimum absolute atomic E-state index is 0.130. The second-order valence-corrected chi connectivity index (χ2v) is 7.22. The van der Waals surface area contributed by atoms with Gasteiger partial charge < -0.3 is 14.5 Å². The van der Waals surface area contributed by atoms with Gasteiger partial charge in [-0.25, -0.2) is 0 Å². The number of anilines is 1. The van der Waals surface area contributed by atoms with Crippen LogP contribution in [0.25, 0.3) is 0 Å². The molecule has 0 aromatic heterocycles. The number of ether oxygens (including phenoxy) is 1. The lowest BCUT2D eigenvalue weighted by atomic mass is 10.1. The summed E-state index contributed by atoms with van der Waals surface area (Å²) in [5, 5.41) is 1.21. The normalized spacial score (nSPS) is 17.2. The summed E-state index contributed by atoms with van der Waals surface area (Å²) in [5.41, 5.74) is 1.63. The largest absolute Gasteiger partial charge is 0.484 e. The van der Waals surface area contributed by atoms with E-state index < -0.39 is 6.04 Å². The van der Waals surface area contributed by atoms with Gasteiger partial charge in [-0.1, -0.05) is 29.3 Å². The van der Waals surface area contributed by atoms with Gasteiger partial charge in [0.05, 0.1) is 0 Å². The predicted octanol–water partition coefficient (Wildman–Crippen LogP) is 3.94. The summed E-state index contributed by atoms with van der Waals surface area (Å²) in [6.07, 6.45) is 0. The topological polar surface area (TPSA) is 49.9 Å². The van der Waals surface area contributed by atoms with E-state index in [2.05, 4.69) is 0 Å². The van der Waals surface area contributed by atoms with Gasteiger partial charge in [0.25, 0.3) is 5.91 Å². The highest BCUT2D eigenvalue weighted by molar-refractivity contribution is 6.32. The van der Waals surface area contributed by atoms with Gasteiger partial charge in [-0.15, -0.1) is 0 Å². The zero-order valence-electron chi connectivity index (χ0n) is 15.1. The maximum Gasteiger partial charge on any atom is 0.261 e. The molecule has 2 aromatic carbocycles. The minimum atomic E-state index is -0.571. The number of nitrogens with zero attached hydrogens (tertiary/aromatic N) is 2. The van der Waals surface area contributed by atoms with Crippen molar-refractivity contribution in [2.45, 2.75) is 19.9 Å². The number of halogens is 2. The van der Waals surface area contributed by atoms with Crippen LogP contribution in [0.15, 0.2) is 42.5 Å². The highest BCUT2D eigenvalue weighted by Gasteiger charge is 2.35. The van der Waals surface area contributed by atoms with Crippen LogP contribution in [-0.4, -0.2) is 42.5 Å². The fourth-order valence-corrected chi connectivity index (χ4v) is 3.39. The highest BCUT2D eigenvalue weighted by atomic mass is 35.5. The van der Waals surface area contributed by atoms with Crippen molar-refractivity contribution in [3.05, 3.63) is 58.1 Å². The van der Waals surface area contributed by atoms with E-state index in [0.717, 1.165) is 11.3 Å². The van der Waals surface area contributed by atoms with E-state index in [0.29, 0.717) is 28.9 Å². The third-order valence-electron chi connectivity index (χ3n) is 4.68. The Balaban J connectivity index is 1.66. The molecule has 0 bridgehead atoms. The van der Waals surface area contributed by atoms with Gasteiger partial charge in [0.2, 0.25) is 5.91 Å². The van der Waals surface area contributed by atoms with Crippen molar-refractivity contribution in [2.75, 3.05) is 24.6 Å². The van der Waals surface area contributed by atoms with Crippen LogP contribution in [0, 0.1) is 6.92 Å². The molecule has 7 heteroatoms. The summed E-state index contributed by atoms with van der Waals surface area (Å²) in [5.74, 6) is 0.194. The van der Waals surface area contributed by atoms with Crippen LogP contribution in [0.5, 0.6) is 5.75 Å². The highest BCUT2D eigenvalue weighted by Crippen LogP contribution is 2.29. The van der Waals surface area contributed by atoms with E-state index in [4.69, 9.17) is 27.9 Å². The zero-order valence-corrected chi connectivity index (χ0v) is 16.6. The van der Waals surface area contributed by atoms with Crippen LogP contribution in [0.4, 0.5) is 5.69 Å². The molecule has 27 heavy (non-hydrogen) atoms. The summed E-state index contributed by atoms with van der Waals surface area (Å²) in [6.45, 7) is 4.33. The Morgan fingerprint density at radius 2 is 1.85 bits per heavy atom. The van der Waals surface area contributed by atoms with E-state index in [-0.39, 0.29) is 18.4 Å². The Kier molecular flexibility index (Phi) is 5.92. The molecule has 1 unspecified atom stereocenters. The first-order valence-corrected chi connectivity index (χ1v) is 9.38. The lowest BCUT2D eigenvalue weighted by Crippen LogP contribution is -2.58. The fraction of sp³-hybridized carbons (Fsp3) is 0.300. The average molecular weight is 407 g/mol. The lowest BCUT2D eigenvalue weighted by molar-refractivity contribution is -0.142. The summed E-state index contributed by atoms with van der Waals surface area (Å²) >= 11 is 12.0. The molecular formula is C20H20Cl2N2O3. The van der Waals surface area contributed by atoms with Crippen LogP contribution in [-0.2, 0) is 9.59 Å². The monoisotopic (exact) mass is 406 g/mol. The Hall–Kier alpha value is -2.24.